The maximum atomic E-state index is 12.2. The van der Waals surface area contributed by atoms with Crippen molar-refractivity contribution in [1.29, 1.82) is 0 Å². The number of fused-ring (bicyclic) bond motifs is 1. The number of carbonyl (C=O) groups is 1. The highest BCUT2D eigenvalue weighted by Crippen LogP contribution is 2.23. The number of nitrogens with one attached hydrogen (secondary N) is 2. The predicted octanol–water partition coefficient (Wildman–Crippen LogP) is 3.38. The van der Waals surface area contributed by atoms with Crippen molar-refractivity contribution in [2.45, 2.75) is 38.0 Å². The molecule has 0 fully saturated rings. The molecule has 2 N–H and O–H groups in total. The molecule has 7 nitrogen and oxygen atoms in total. The summed E-state index contributed by atoms with van der Waals surface area (Å²) in [7, 11) is 0. The van der Waals surface area contributed by atoms with Gasteiger partial charge in [-0.2, -0.15) is 5.10 Å². The van der Waals surface area contributed by atoms with Crippen LogP contribution in [0, 0.1) is 0 Å². The highest BCUT2D eigenvalue weighted by atomic mass is 35.5. The molecule has 1 aromatic carbocycles. The van der Waals surface area contributed by atoms with Crippen molar-refractivity contribution in [2.24, 2.45) is 0 Å². The minimum atomic E-state index is -0.0413. The lowest BCUT2D eigenvalue weighted by atomic mass is 10.1. The number of carbonyl (C=O) groups excluding carboxylic acids is 1. The van der Waals surface area contributed by atoms with Gasteiger partial charge < -0.3 is 10.6 Å². The van der Waals surface area contributed by atoms with Gasteiger partial charge in [0, 0.05) is 17.6 Å². The Labute approximate surface area is 173 Å². The molecule has 2 heterocycles. The largest absolute Gasteiger partial charge is 0.367 e. The van der Waals surface area contributed by atoms with Crippen LogP contribution in [-0.4, -0.2) is 44.5 Å². The molecule has 0 unspecified atom stereocenters. The Bertz CT molecular complexity index is 957. The van der Waals surface area contributed by atoms with Gasteiger partial charge in [-0.05, 0) is 37.8 Å². The maximum Gasteiger partial charge on any atom is 0.224 e. The Kier molecular flexibility index (Phi) is 6.74. The molecule has 1 amide bonds. The van der Waals surface area contributed by atoms with Crippen molar-refractivity contribution in [3.8, 4) is 0 Å². The molecule has 0 radical (unpaired) electrons. The zero-order chi connectivity index (χ0) is 20.1. The topological polar surface area (TPSA) is 84.7 Å². The fourth-order valence-corrected chi connectivity index (χ4v) is 3.21. The molecule has 0 atom stereocenters. The molecule has 0 aliphatic heterocycles. The first kappa shape index (κ1) is 20.4. The van der Waals surface area contributed by atoms with Crippen molar-refractivity contribution >= 4 is 46.1 Å². The third-order valence-electron chi connectivity index (χ3n) is 4.01. The lowest BCUT2D eigenvalue weighted by Crippen LogP contribution is -2.28. The summed E-state index contributed by atoms with van der Waals surface area (Å²) in [6.07, 6.45) is 4.02. The Morgan fingerprint density at radius 2 is 2.00 bits per heavy atom. The van der Waals surface area contributed by atoms with E-state index in [-0.39, 0.29) is 11.9 Å². The van der Waals surface area contributed by atoms with Crippen LogP contribution in [0.3, 0.4) is 0 Å². The van der Waals surface area contributed by atoms with E-state index in [1.54, 1.807) is 23.0 Å². The SMILES string of the molecule is CSc1nc(NC(C)C)c2cnn(CCNC(=O)Cc3ccc(Cl)cc3)c2n1. The standard InChI is InChI=1S/C19H23ClN6OS/c1-12(2)23-17-15-11-22-26(18(15)25-19(24-17)28-3)9-8-21-16(27)10-13-4-6-14(20)7-5-13/h4-7,11-12H,8-10H2,1-3H3,(H,21,27)(H,23,24,25). The van der Waals surface area contributed by atoms with Crippen LogP contribution in [-0.2, 0) is 17.8 Å². The van der Waals surface area contributed by atoms with Gasteiger partial charge in [-0.15, -0.1) is 0 Å². The summed E-state index contributed by atoms with van der Waals surface area (Å²) in [5.41, 5.74) is 1.68. The van der Waals surface area contributed by atoms with E-state index in [1.807, 2.05) is 18.4 Å². The van der Waals surface area contributed by atoms with Gasteiger partial charge in [-0.3, -0.25) is 4.79 Å². The summed E-state index contributed by atoms with van der Waals surface area (Å²) in [6.45, 7) is 5.12. The number of halogens is 1. The Morgan fingerprint density at radius 3 is 2.68 bits per heavy atom. The highest BCUT2D eigenvalue weighted by Gasteiger charge is 2.13. The molecule has 0 bridgehead atoms. The molecular weight excluding hydrogens is 396 g/mol. The normalized spacial score (nSPS) is 11.2. The Morgan fingerprint density at radius 1 is 1.25 bits per heavy atom. The fraction of sp³-hybridized carbons (Fsp3) is 0.368. The van der Waals surface area contributed by atoms with Crippen LogP contribution in [0.25, 0.3) is 11.0 Å². The number of rotatable bonds is 8. The Hall–Kier alpha value is -2.32. The number of nitrogens with zero attached hydrogens (tertiary/aromatic N) is 4. The van der Waals surface area contributed by atoms with E-state index < -0.39 is 0 Å². The first-order chi connectivity index (χ1) is 13.5. The van der Waals surface area contributed by atoms with Crippen LogP contribution < -0.4 is 10.6 Å². The number of benzene rings is 1. The number of thioether (sulfide) groups is 1. The lowest BCUT2D eigenvalue weighted by molar-refractivity contribution is -0.120. The third kappa shape index (κ3) is 5.14. The van der Waals surface area contributed by atoms with Gasteiger partial charge in [0.25, 0.3) is 0 Å². The molecule has 0 saturated heterocycles. The zero-order valence-corrected chi connectivity index (χ0v) is 17.6. The van der Waals surface area contributed by atoms with Gasteiger partial charge in [0.15, 0.2) is 10.8 Å². The van der Waals surface area contributed by atoms with Gasteiger partial charge in [0.1, 0.15) is 5.82 Å². The maximum absolute atomic E-state index is 12.2. The van der Waals surface area contributed by atoms with E-state index in [0.29, 0.717) is 29.7 Å². The van der Waals surface area contributed by atoms with Crippen LogP contribution >= 0.6 is 23.4 Å². The minimum Gasteiger partial charge on any atom is -0.367 e. The van der Waals surface area contributed by atoms with Crippen molar-refractivity contribution in [3.63, 3.8) is 0 Å². The second-order valence-electron chi connectivity index (χ2n) is 6.62. The molecule has 0 aliphatic carbocycles. The zero-order valence-electron chi connectivity index (χ0n) is 16.1. The number of hydrogen-bond acceptors (Lipinski definition) is 6. The van der Waals surface area contributed by atoms with Gasteiger partial charge in [0.2, 0.25) is 5.91 Å². The summed E-state index contributed by atoms with van der Waals surface area (Å²) in [5.74, 6) is 0.739. The van der Waals surface area contributed by atoms with Crippen molar-refractivity contribution < 1.29 is 4.79 Å². The van der Waals surface area contributed by atoms with Crippen LogP contribution in [0.2, 0.25) is 5.02 Å². The van der Waals surface area contributed by atoms with Crippen LogP contribution in [0.4, 0.5) is 5.82 Å². The molecule has 9 heteroatoms. The predicted molar refractivity (Wildman–Crippen MR) is 114 cm³/mol. The number of aromatic nitrogens is 4. The minimum absolute atomic E-state index is 0.0413. The van der Waals surface area contributed by atoms with Crippen LogP contribution in [0.1, 0.15) is 19.4 Å². The molecule has 3 rings (SSSR count). The van der Waals surface area contributed by atoms with Gasteiger partial charge in [0.05, 0.1) is 24.5 Å². The monoisotopic (exact) mass is 418 g/mol. The second-order valence-corrected chi connectivity index (χ2v) is 7.83. The molecule has 0 spiro atoms. The molecule has 3 aromatic rings. The fourth-order valence-electron chi connectivity index (χ4n) is 2.73. The lowest BCUT2D eigenvalue weighted by Gasteiger charge is -2.11. The first-order valence-corrected chi connectivity index (χ1v) is 10.6. The Balaban J connectivity index is 1.65. The third-order valence-corrected chi connectivity index (χ3v) is 4.81. The average molecular weight is 419 g/mol. The first-order valence-electron chi connectivity index (χ1n) is 9.01. The molecule has 148 valence electrons. The van der Waals surface area contributed by atoms with E-state index in [1.165, 1.54) is 11.8 Å². The number of amides is 1. The van der Waals surface area contributed by atoms with E-state index in [0.717, 1.165) is 22.4 Å². The summed E-state index contributed by atoms with van der Waals surface area (Å²) < 4.78 is 1.80. The number of anilines is 1. The summed E-state index contributed by atoms with van der Waals surface area (Å²) >= 11 is 7.36. The summed E-state index contributed by atoms with van der Waals surface area (Å²) in [5, 5.41) is 12.9. The average Bonchev–Trinajstić information content (AvgIpc) is 3.06. The smallest absolute Gasteiger partial charge is 0.224 e. The van der Waals surface area contributed by atoms with Crippen LogP contribution in [0.5, 0.6) is 0 Å². The van der Waals surface area contributed by atoms with Crippen LogP contribution in [0.15, 0.2) is 35.6 Å². The molecular formula is C19H23ClN6OS. The summed E-state index contributed by atoms with van der Waals surface area (Å²) in [4.78, 5) is 21.3. The summed E-state index contributed by atoms with van der Waals surface area (Å²) in [6, 6.07) is 7.53. The second kappa shape index (κ2) is 9.25. The van der Waals surface area contributed by atoms with Crippen molar-refractivity contribution in [2.75, 3.05) is 18.1 Å². The van der Waals surface area contributed by atoms with Crippen molar-refractivity contribution in [3.05, 3.63) is 41.0 Å². The van der Waals surface area contributed by atoms with Gasteiger partial charge in [-0.1, -0.05) is 35.5 Å². The molecule has 28 heavy (non-hydrogen) atoms. The molecule has 0 aliphatic rings. The quantitative estimate of drug-likeness (QED) is 0.431. The van der Waals surface area contributed by atoms with Gasteiger partial charge in [-0.25, -0.2) is 14.6 Å². The van der Waals surface area contributed by atoms with E-state index in [9.17, 15) is 4.79 Å². The highest BCUT2D eigenvalue weighted by molar-refractivity contribution is 7.98. The van der Waals surface area contributed by atoms with Gasteiger partial charge >= 0.3 is 0 Å². The van der Waals surface area contributed by atoms with E-state index >= 15 is 0 Å². The van der Waals surface area contributed by atoms with E-state index in [4.69, 9.17) is 11.6 Å². The van der Waals surface area contributed by atoms with Crippen molar-refractivity contribution in [1.82, 2.24) is 25.1 Å². The molecule has 2 aromatic heterocycles. The van der Waals surface area contributed by atoms with E-state index in [2.05, 4.69) is 39.5 Å². The molecule has 0 saturated carbocycles. The number of hydrogen-bond donors (Lipinski definition) is 2.